The molecule has 0 bridgehead atoms. The normalized spacial score (nSPS) is 12.2. The number of aromatic nitrogens is 2. The topological polar surface area (TPSA) is 81.4 Å². The van der Waals surface area contributed by atoms with Gasteiger partial charge >= 0.3 is 5.97 Å². The van der Waals surface area contributed by atoms with Crippen LogP contribution in [0.3, 0.4) is 0 Å². The van der Waals surface area contributed by atoms with Gasteiger partial charge in [-0.15, -0.1) is 0 Å². The average molecular weight is 374 g/mol. The molecule has 2 aromatic carbocycles. The van der Waals surface area contributed by atoms with E-state index in [9.17, 15) is 23.5 Å². The molecule has 6 nitrogen and oxygen atoms in total. The summed E-state index contributed by atoms with van der Waals surface area (Å²) >= 11 is 0. The van der Waals surface area contributed by atoms with Gasteiger partial charge in [0.2, 0.25) is 0 Å². The fraction of sp³-hybridized carbons (Fsp3) is 0.211. The van der Waals surface area contributed by atoms with E-state index in [1.165, 1.54) is 29.9 Å². The molecule has 140 valence electrons. The summed E-state index contributed by atoms with van der Waals surface area (Å²) in [5.41, 5.74) is -0.175. The van der Waals surface area contributed by atoms with Crippen molar-refractivity contribution in [3.63, 3.8) is 0 Å². The molecule has 0 aliphatic rings. The summed E-state index contributed by atoms with van der Waals surface area (Å²) in [6, 6.07) is 7.04. The zero-order valence-electron chi connectivity index (χ0n) is 14.6. The molecule has 0 radical (unpaired) electrons. The fourth-order valence-electron chi connectivity index (χ4n) is 2.83. The van der Waals surface area contributed by atoms with Gasteiger partial charge in [0.15, 0.2) is 0 Å². The van der Waals surface area contributed by atoms with E-state index in [1.54, 1.807) is 6.92 Å². The number of hydrogen-bond donors (Lipinski definition) is 1. The van der Waals surface area contributed by atoms with Crippen LogP contribution in [-0.4, -0.2) is 27.7 Å². The maximum Gasteiger partial charge on any atom is 0.337 e. The minimum atomic E-state index is -1.44. The van der Waals surface area contributed by atoms with Gasteiger partial charge in [-0.25, -0.2) is 18.6 Å². The van der Waals surface area contributed by atoms with E-state index >= 15 is 0 Å². The summed E-state index contributed by atoms with van der Waals surface area (Å²) < 4.78 is 33.0. The fourth-order valence-corrected chi connectivity index (χ4v) is 2.83. The number of benzene rings is 2. The van der Waals surface area contributed by atoms with Crippen molar-refractivity contribution in [1.29, 1.82) is 0 Å². The van der Waals surface area contributed by atoms with Crippen LogP contribution < -0.4 is 5.56 Å². The van der Waals surface area contributed by atoms with E-state index in [0.717, 1.165) is 18.2 Å². The van der Waals surface area contributed by atoms with Gasteiger partial charge in [0.1, 0.15) is 17.5 Å². The van der Waals surface area contributed by atoms with Crippen LogP contribution in [0.25, 0.3) is 10.9 Å². The van der Waals surface area contributed by atoms with Crippen molar-refractivity contribution in [3.05, 3.63) is 75.3 Å². The number of rotatable bonds is 4. The first-order valence-corrected chi connectivity index (χ1v) is 8.04. The van der Waals surface area contributed by atoms with E-state index in [-0.39, 0.29) is 28.9 Å². The number of carbonyl (C=O) groups excluding carboxylic acids is 1. The molecule has 0 fully saturated rings. The van der Waals surface area contributed by atoms with Crippen molar-refractivity contribution in [3.8, 4) is 0 Å². The van der Waals surface area contributed by atoms with Crippen molar-refractivity contribution >= 4 is 16.9 Å². The van der Waals surface area contributed by atoms with Crippen LogP contribution in [0.15, 0.2) is 41.2 Å². The lowest BCUT2D eigenvalue weighted by molar-refractivity contribution is 0.0601. The largest absolute Gasteiger partial charge is 0.465 e. The molecule has 0 aliphatic carbocycles. The molecule has 3 rings (SSSR count). The highest BCUT2D eigenvalue weighted by molar-refractivity contribution is 5.94. The van der Waals surface area contributed by atoms with E-state index in [4.69, 9.17) is 0 Å². The molecule has 0 aliphatic heterocycles. The first-order chi connectivity index (χ1) is 12.8. The van der Waals surface area contributed by atoms with Crippen LogP contribution in [0.4, 0.5) is 8.78 Å². The van der Waals surface area contributed by atoms with Gasteiger partial charge in [-0.1, -0.05) is 0 Å². The Balaban J connectivity index is 2.03. The third kappa shape index (κ3) is 3.56. The van der Waals surface area contributed by atoms with Crippen LogP contribution in [0.5, 0.6) is 0 Å². The van der Waals surface area contributed by atoms with E-state index in [1.807, 2.05) is 0 Å². The number of carbonyl (C=O) groups is 1. The van der Waals surface area contributed by atoms with Crippen LogP contribution in [0, 0.1) is 18.6 Å². The third-order valence-corrected chi connectivity index (χ3v) is 4.24. The Bertz CT molecular complexity index is 1090. The number of methoxy groups -OCH3 is 1. The minimum absolute atomic E-state index is 0.222. The number of esters is 1. The Kier molecular flexibility index (Phi) is 5.00. The minimum Gasteiger partial charge on any atom is -0.465 e. The SMILES string of the molecule is COC(=O)c1ccc2c(=O)n(CC(O)c3cc(F)ccc3F)c(C)nc2c1. The molecule has 1 heterocycles. The average Bonchev–Trinajstić information content (AvgIpc) is 2.65. The number of fused-ring (bicyclic) bond motifs is 1. The van der Waals surface area contributed by atoms with Crippen LogP contribution in [0.1, 0.15) is 27.8 Å². The lowest BCUT2D eigenvalue weighted by atomic mass is 10.1. The summed E-state index contributed by atoms with van der Waals surface area (Å²) in [6.45, 7) is 1.24. The quantitative estimate of drug-likeness (QED) is 0.710. The predicted molar refractivity (Wildman–Crippen MR) is 93.4 cm³/mol. The number of aliphatic hydroxyl groups is 1. The molecule has 0 amide bonds. The highest BCUT2D eigenvalue weighted by Crippen LogP contribution is 2.20. The molecule has 1 N–H and O–H groups in total. The van der Waals surface area contributed by atoms with Gasteiger partial charge in [-0.3, -0.25) is 9.36 Å². The molecule has 3 aromatic rings. The summed E-state index contributed by atoms with van der Waals surface area (Å²) in [6.07, 6.45) is -1.44. The van der Waals surface area contributed by atoms with Crippen molar-refractivity contribution in [2.75, 3.05) is 7.11 Å². The highest BCUT2D eigenvalue weighted by Gasteiger charge is 2.18. The van der Waals surface area contributed by atoms with Gasteiger partial charge in [0.25, 0.3) is 5.56 Å². The first kappa shape index (κ1) is 18.7. The Morgan fingerprint density at radius 3 is 2.70 bits per heavy atom. The second kappa shape index (κ2) is 7.24. The second-order valence-electron chi connectivity index (χ2n) is 5.98. The number of hydrogen-bond acceptors (Lipinski definition) is 5. The van der Waals surface area contributed by atoms with Gasteiger partial charge in [-0.2, -0.15) is 0 Å². The number of ether oxygens (including phenoxy) is 1. The first-order valence-electron chi connectivity index (χ1n) is 8.04. The molecule has 1 atom stereocenters. The van der Waals surface area contributed by atoms with Crippen LogP contribution in [-0.2, 0) is 11.3 Å². The molecule has 27 heavy (non-hydrogen) atoms. The number of halogens is 2. The predicted octanol–water partition coefficient (Wildman–Crippen LogP) is 2.50. The van der Waals surface area contributed by atoms with E-state index in [0.29, 0.717) is 5.52 Å². The molecule has 0 saturated heterocycles. The number of aryl methyl sites for hydroxylation is 1. The van der Waals surface area contributed by atoms with E-state index < -0.39 is 29.3 Å². The van der Waals surface area contributed by atoms with Gasteiger partial charge in [0.05, 0.1) is 36.2 Å². The van der Waals surface area contributed by atoms with Crippen molar-refractivity contribution < 1.29 is 23.4 Å². The molecular weight excluding hydrogens is 358 g/mol. The lowest BCUT2D eigenvalue weighted by Gasteiger charge is -2.16. The van der Waals surface area contributed by atoms with Gasteiger partial charge in [0, 0.05) is 5.56 Å². The summed E-state index contributed by atoms with van der Waals surface area (Å²) in [5, 5.41) is 10.5. The molecular formula is C19H16F2N2O4. The Hall–Kier alpha value is -3.13. The molecule has 0 spiro atoms. The maximum absolute atomic E-state index is 13.9. The molecule has 0 saturated carbocycles. The van der Waals surface area contributed by atoms with Crippen molar-refractivity contribution in [1.82, 2.24) is 9.55 Å². The highest BCUT2D eigenvalue weighted by atomic mass is 19.1. The Morgan fingerprint density at radius 2 is 2.00 bits per heavy atom. The zero-order chi connectivity index (χ0) is 19.7. The smallest absolute Gasteiger partial charge is 0.337 e. The van der Waals surface area contributed by atoms with Crippen molar-refractivity contribution in [2.24, 2.45) is 0 Å². The second-order valence-corrected chi connectivity index (χ2v) is 5.98. The maximum atomic E-state index is 13.9. The Morgan fingerprint density at radius 1 is 1.26 bits per heavy atom. The molecule has 1 aromatic heterocycles. The Labute approximate surface area is 152 Å². The zero-order valence-corrected chi connectivity index (χ0v) is 14.6. The van der Waals surface area contributed by atoms with Gasteiger partial charge < -0.3 is 9.84 Å². The molecule has 1 unspecified atom stereocenters. The number of nitrogens with zero attached hydrogens (tertiary/aromatic N) is 2. The van der Waals surface area contributed by atoms with Gasteiger partial charge in [-0.05, 0) is 43.3 Å². The van der Waals surface area contributed by atoms with Crippen LogP contribution in [0.2, 0.25) is 0 Å². The number of aliphatic hydroxyl groups excluding tert-OH is 1. The van der Waals surface area contributed by atoms with Crippen molar-refractivity contribution in [2.45, 2.75) is 19.6 Å². The third-order valence-electron chi connectivity index (χ3n) is 4.24. The summed E-state index contributed by atoms with van der Waals surface area (Å²) in [7, 11) is 1.25. The molecule has 8 heteroatoms. The monoisotopic (exact) mass is 374 g/mol. The summed E-state index contributed by atoms with van der Waals surface area (Å²) in [4.78, 5) is 28.6. The summed E-state index contributed by atoms with van der Waals surface area (Å²) in [5.74, 6) is -1.77. The van der Waals surface area contributed by atoms with Crippen LogP contribution >= 0.6 is 0 Å². The lowest BCUT2D eigenvalue weighted by Crippen LogP contribution is -2.27. The van der Waals surface area contributed by atoms with E-state index in [2.05, 4.69) is 9.72 Å². The standard InChI is InChI=1S/C19H16F2N2O4/c1-10-22-16-7-11(19(26)27-2)3-5-13(16)18(25)23(10)9-17(24)14-8-12(20)4-6-15(14)21/h3-8,17,24H,9H2,1-2H3.